The first-order valence-corrected chi connectivity index (χ1v) is 6.69. The second kappa shape index (κ2) is 5.88. The van der Waals surface area contributed by atoms with E-state index in [9.17, 15) is 9.18 Å². The highest BCUT2D eigenvalue weighted by Crippen LogP contribution is 2.25. The quantitative estimate of drug-likeness (QED) is 0.856. The molecule has 0 amide bonds. The molecule has 1 heterocycles. The standard InChI is InChI=1S/C13H13FN2O2S/c1-9(10-3-2-4-11(14)7-10)16-6-5-15-13(16)19-8-12(17)18/h2-7,9H,8H2,1H3,(H,17,18). The highest BCUT2D eigenvalue weighted by atomic mass is 32.2. The van der Waals surface area contributed by atoms with Gasteiger partial charge >= 0.3 is 5.97 Å². The number of carboxylic acid groups (broad SMARTS) is 1. The summed E-state index contributed by atoms with van der Waals surface area (Å²) in [7, 11) is 0. The summed E-state index contributed by atoms with van der Waals surface area (Å²) in [6.07, 6.45) is 3.37. The van der Waals surface area contributed by atoms with Crippen LogP contribution in [0, 0.1) is 5.82 Å². The van der Waals surface area contributed by atoms with Crippen LogP contribution in [0.5, 0.6) is 0 Å². The van der Waals surface area contributed by atoms with Crippen LogP contribution in [0.2, 0.25) is 0 Å². The molecule has 1 aromatic carbocycles. The van der Waals surface area contributed by atoms with E-state index in [-0.39, 0.29) is 17.6 Å². The van der Waals surface area contributed by atoms with Gasteiger partial charge in [0.15, 0.2) is 5.16 Å². The Morgan fingerprint density at radius 1 is 1.58 bits per heavy atom. The number of carbonyl (C=O) groups is 1. The fourth-order valence-electron chi connectivity index (χ4n) is 1.76. The number of halogens is 1. The molecule has 0 radical (unpaired) electrons. The van der Waals surface area contributed by atoms with Crippen LogP contribution in [-0.2, 0) is 4.79 Å². The average Bonchev–Trinajstić information content (AvgIpc) is 2.83. The first-order valence-electron chi connectivity index (χ1n) is 5.71. The smallest absolute Gasteiger partial charge is 0.313 e. The van der Waals surface area contributed by atoms with Gasteiger partial charge in [0.1, 0.15) is 5.82 Å². The summed E-state index contributed by atoms with van der Waals surface area (Å²) in [5, 5.41) is 9.30. The van der Waals surface area contributed by atoms with Crippen molar-refractivity contribution in [2.45, 2.75) is 18.1 Å². The van der Waals surface area contributed by atoms with Gasteiger partial charge in [-0.2, -0.15) is 0 Å². The van der Waals surface area contributed by atoms with Crippen LogP contribution in [0.15, 0.2) is 41.8 Å². The fraction of sp³-hybridized carbons (Fsp3) is 0.231. The molecule has 1 aromatic heterocycles. The molecule has 2 aromatic rings. The maximum Gasteiger partial charge on any atom is 0.313 e. The number of rotatable bonds is 5. The van der Waals surface area contributed by atoms with Gasteiger partial charge in [-0.25, -0.2) is 9.37 Å². The van der Waals surface area contributed by atoms with Crippen molar-refractivity contribution in [2.24, 2.45) is 0 Å². The van der Waals surface area contributed by atoms with E-state index in [1.165, 1.54) is 12.1 Å². The van der Waals surface area contributed by atoms with Crippen LogP contribution in [-0.4, -0.2) is 26.4 Å². The van der Waals surface area contributed by atoms with Gasteiger partial charge in [0.25, 0.3) is 0 Å². The molecule has 0 fully saturated rings. The molecule has 1 unspecified atom stereocenters. The van der Waals surface area contributed by atoms with Crippen molar-refractivity contribution in [3.05, 3.63) is 48.0 Å². The Kier molecular flexibility index (Phi) is 4.21. The van der Waals surface area contributed by atoms with E-state index in [4.69, 9.17) is 5.11 Å². The first-order chi connectivity index (χ1) is 9.08. The van der Waals surface area contributed by atoms with E-state index < -0.39 is 5.97 Å². The predicted molar refractivity (Wildman–Crippen MR) is 70.8 cm³/mol. The van der Waals surface area contributed by atoms with Crippen molar-refractivity contribution >= 4 is 17.7 Å². The van der Waals surface area contributed by atoms with Crippen LogP contribution in [0.3, 0.4) is 0 Å². The zero-order valence-electron chi connectivity index (χ0n) is 10.3. The first kappa shape index (κ1) is 13.6. The Balaban J connectivity index is 2.22. The minimum atomic E-state index is -0.891. The van der Waals surface area contributed by atoms with E-state index in [0.717, 1.165) is 17.3 Å². The molecule has 0 saturated heterocycles. The lowest BCUT2D eigenvalue weighted by molar-refractivity contribution is -0.133. The van der Waals surface area contributed by atoms with E-state index in [0.29, 0.717) is 5.16 Å². The Labute approximate surface area is 114 Å². The molecule has 6 heteroatoms. The number of imidazole rings is 1. The number of nitrogens with zero attached hydrogens (tertiary/aromatic N) is 2. The molecule has 0 aliphatic rings. The van der Waals surface area contributed by atoms with Crippen molar-refractivity contribution < 1.29 is 14.3 Å². The molecule has 19 heavy (non-hydrogen) atoms. The number of aromatic nitrogens is 2. The topological polar surface area (TPSA) is 55.1 Å². The molecule has 1 atom stereocenters. The molecular weight excluding hydrogens is 267 g/mol. The van der Waals surface area contributed by atoms with Crippen LogP contribution in [0.1, 0.15) is 18.5 Å². The van der Waals surface area contributed by atoms with Gasteiger partial charge in [-0.3, -0.25) is 4.79 Å². The van der Waals surface area contributed by atoms with Crippen molar-refractivity contribution in [3.8, 4) is 0 Å². The lowest BCUT2D eigenvalue weighted by atomic mass is 10.1. The lowest BCUT2D eigenvalue weighted by Gasteiger charge is -2.16. The summed E-state index contributed by atoms with van der Waals surface area (Å²) in [5.74, 6) is -1.23. The van der Waals surface area contributed by atoms with Crippen LogP contribution in [0.25, 0.3) is 0 Å². The van der Waals surface area contributed by atoms with Gasteiger partial charge in [0.05, 0.1) is 11.8 Å². The molecule has 1 N–H and O–H groups in total. The van der Waals surface area contributed by atoms with Gasteiger partial charge < -0.3 is 9.67 Å². The van der Waals surface area contributed by atoms with Crippen LogP contribution < -0.4 is 0 Å². The van der Waals surface area contributed by atoms with Crippen molar-refractivity contribution in [3.63, 3.8) is 0 Å². The van der Waals surface area contributed by atoms with E-state index in [1.807, 2.05) is 17.6 Å². The lowest BCUT2D eigenvalue weighted by Crippen LogP contribution is -2.08. The van der Waals surface area contributed by atoms with Gasteiger partial charge in [-0.15, -0.1) is 0 Å². The third kappa shape index (κ3) is 3.35. The summed E-state index contributed by atoms with van der Waals surface area (Å²) >= 11 is 1.15. The maximum absolute atomic E-state index is 13.2. The minimum Gasteiger partial charge on any atom is -0.481 e. The van der Waals surface area contributed by atoms with Gasteiger partial charge in [0.2, 0.25) is 0 Å². The second-order valence-electron chi connectivity index (χ2n) is 4.03. The second-order valence-corrected chi connectivity index (χ2v) is 4.97. The largest absolute Gasteiger partial charge is 0.481 e. The highest BCUT2D eigenvalue weighted by Gasteiger charge is 2.13. The average molecular weight is 280 g/mol. The number of benzene rings is 1. The summed E-state index contributed by atoms with van der Waals surface area (Å²) < 4.78 is 15.1. The van der Waals surface area contributed by atoms with Crippen LogP contribution in [0.4, 0.5) is 4.39 Å². The fourth-order valence-corrected chi connectivity index (χ4v) is 2.52. The zero-order valence-corrected chi connectivity index (χ0v) is 11.1. The molecular formula is C13H13FN2O2S. The third-order valence-corrected chi connectivity index (χ3v) is 3.67. The molecule has 0 bridgehead atoms. The van der Waals surface area contributed by atoms with Crippen molar-refractivity contribution in [1.29, 1.82) is 0 Å². The van der Waals surface area contributed by atoms with E-state index in [2.05, 4.69) is 4.98 Å². The number of aliphatic carboxylic acids is 1. The highest BCUT2D eigenvalue weighted by molar-refractivity contribution is 7.99. The van der Waals surface area contributed by atoms with E-state index >= 15 is 0 Å². The molecule has 0 aliphatic heterocycles. The zero-order chi connectivity index (χ0) is 13.8. The Morgan fingerprint density at radius 3 is 3.05 bits per heavy atom. The molecule has 4 nitrogen and oxygen atoms in total. The van der Waals surface area contributed by atoms with Crippen LogP contribution >= 0.6 is 11.8 Å². The normalized spacial score (nSPS) is 12.3. The van der Waals surface area contributed by atoms with Crippen molar-refractivity contribution in [2.75, 3.05) is 5.75 Å². The maximum atomic E-state index is 13.2. The van der Waals surface area contributed by atoms with Gasteiger partial charge in [-0.1, -0.05) is 23.9 Å². The molecule has 0 saturated carbocycles. The molecule has 2 rings (SSSR count). The summed E-state index contributed by atoms with van der Waals surface area (Å²) in [4.78, 5) is 14.7. The molecule has 0 aliphatic carbocycles. The van der Waals surface area contributed by atoms with Crippen molar-refractivity contribution in [1.82, 2.24) is 9.55 Å². The monoisotopic (exact) mass is 280 g/mol. The van der Waals surface area contributed by atoms with Gasteiger partial charge in [-0.05, 0) is 24.6 Å². The predicted octanol–water partition coefficient (Wildman–Crippen LogP) is 2.81. The summed E-state index contributed by atoms with van der Waals surface area (Å²) in [5.41, 5.74) is 0.815. The van der Waals surface area contributed by atoms with Gasteiger partial charge in [0, 0.05) is 12.4 Å². The summed E-state index contributed by atoms with van der Waals surface area (Å²) in [6.45, 7) is 1.92. The molecule has 0 spiro atoms. The Bertz CT molecular complexity index is 586. The number of thioether (sulfide) groups is 1. The SMILES string of the molecule is CC(c1cccc(F)c1)n1ccnc1SCC(=O)O. The molecule has 100 valence electrons. The van der Waals surface area contributed by atoms with E-state index in [1.54, 1.807) is 18.5 Å². The number of hydrogen-bond donors (Lipinski definition) is 1. The Morgan fingerprint density at radius 2 is 2.37 bits per heavy atom. The number of hydrogen-bond acceptors (Lipinski definition) is 3. The third-order valence-electron chi connectivity index (χ3n) is 2.71. The minimum absolute atomic E-state index is 0.0487. The summed E-state index contributed by atoms with van der Waals surface area (Å²) in [6, 6.07) is 6.25. The Hall–Kier alpha value is -1.82. The number of carboxylic acids is 1.